The van der Waals surface area contributed by atoms with Gasteiger partial charge in [0.15, 0.2) is 5.11 Å². The molecule has 0 aromatic heterocycles. The van der Waals surface area contributed by atoms with E-state index >= 15 is 0 Å². The van der Waals surface area contributed by atoms with Crippen molar-refractivity contribution in [2.75, 3.05) is 13.2 Å². The second-order valence-corrected chi connectivity index (χ2v) is 5.99. The van der Waals surface area contributed by atoms with Crippen LogP contribution >= 0.6 is 12.2 Å². The summed E-state index contributed by atoms with van der Waals surface area (Å²) in [5.74, 6) is -0.417. The Labute approximate surface area is 151 Å². The number of hydrogen-bond donors (Lipinski definition) is 1. The van der Waals surface area contributed by atoms with Gasteiger partial charge in [0.1, 0.15) is 0 Å². The van der Waals surface area contributed by atoms with Crippen LogP contribution in [0.5, 0.6) is 0 Å². The fourth-order valence-electron chi connectivity index (χ4n) is 2.79. The molecule has 0 bridgehead atoms. The van der Waals surface area contributed by atoms with Crippen LogP contribution in [-0.4, -0.2) is 34.1 Å². The number of nitro benzene ring substituents is 1. The number of hydrogen-bond acceptors (Lipinski definition) is 5. The topological polar surface area (TPSA) is 84.7 Å². The summed E-state index contributed by atoms with van der Waals surface area (Å²) in [6.45, 7) is 6.57. The molecule has 25 heavy (non-hydrogen) atoms. The average molecular weight is 363 g/mol. The van der Waals surface area contributed by atoms with Crippen LogP contribution in [0.4, 0.5) is 5.69 Å². The Balaban J connectivity index is 2.48. The number of nitro groups is 1. The molecule has 1 N–H and O–H groups in total. The molecule has 1 heterocycles. The first-order valence-electron chi connectivity index (χ1n) is 8.10. The number of rotatable bonds is 6. The van der Waals surface area contributed by atoms with Gasteiger partial charge in [-0.1, -0.05) is 6.92 Å². The third-order valence-corrected chi connectivity index (χ3v) is 4.31. The van der Waals surface area contributed by atoms with Crippen LogP contribution in [0.3, 0.4) is 0 Å². The van der Waals surface area contributed by atoms with Gasteiger partial charge in [0.2, 0.25) is 0 Å². The van der Waals surface area contributed by atoms with Crippen molar-refractivity contribution in [2.24, 2.45) is 0 Å². The molecular formula is C17H21N3O4S. The molecule has 1 aliphatic rings. The summed E-state index contributed by atoms with van der Waals surface area (Å²) in [4.78, 5) is 24.8. The van der Waals surface area contributed by atoms with Gasteiger partial charge in [-0.05, 0) is 50.2 Å². The Morgan fingerprint density at radius 3 is 2.52 bits per heavy atom. The van der Waals surface area contributed by atoms with Gasteiger partial charge in [-0.25, -0.2) is 4.79 Å². The van der Waals surface area contributed by atoms with Gasteiger partial charge in [-0.15, -0.1) is 0 Å². The Morgan fingerprint density at radius 1 is 1.36 bits per heavy atom. The molecule has 0 fully saturated rings. The summed E-state index contributed by atoms with van der Waals surface area (Å²) in [5, 5.41) is 14.5. The number of allylic oxidation sites excluding steroid dienone is 1. The number of nitrogens with zero attached hydrogens (tertiary/aromatic N) is 2. The van der Waals surface area contributed by atoms with E-state index in [4.69, 9.17) is 17.0 Å². The summed E-state index contributed by atoms with van der Waals surface area (Å²) in [6.07, 6.45) is 0.872. The van der Waals surface area contributed by atoms with E-state index in [0.717, 1.165) is 12.1 Å². The van der Waals surface area contributed by atoms with E-state index in [9.17, 15) is 14.9 Å². The van der Waals surface area contributed by atoms with Crippen molar-refractivity contribution in [2.45, 2.75) is 33.2 Å². The van der Waals surface area contributed by atoms with E-state index < -0.39 is 16.9 Å². The quantitative estimate of drug-likeness (QED) is 0.360. The summed E-state index contributed by atoms with van der Waals surface area (Å²) < 4.78 is 5.21. The molecule has 8 heteroatoms. The number of non-ortho nitro benzene ring substituents is 1. The van der Waals surface area contributed by atoms with Gasteiger partial charge in [-0.2, -0.15) is 0 Å². The van der Waals surface area contributed by atoms with Crippen LogP contribution in [0.15, 0.2) is 35.5 Å². The van der Waals surface area contributed by atoms with Gasteiger partial charge in [0, 0.05) is 24.4 Å². The third kappa shape index (κ3) is 3.96. The lowest BCUT2D eigenvalue weighted by Gasteiger charge is -2.37. The van der Waals surface area contributed by atoms with Gasteiger partial charge in [-0.3, -0.25) is 10.1 Å². The van der Waals surface area contributed by atoms with Crippen molar-refractivity contribution >= 4 is 29.0 Å². The van der Waals surface area contributed by atoms with Crippen LogP contribution in [0.1, 0.15) is 38.8 Å². The minimum absolute atomic E-state index is 0.00636. The zero-order valence-corrected chi connectivity index (χ0v) is 15.3. The highest BCUT2D eigenvalue weighted by atomic mass is 32.1. The van der Waals surface area contributed by atoms with Gasteiger partial charge < -0.3 is 15.0 Å². The summed E-state index contributed by atoms with van der Waals surface area (Å²) >= 11 is 5.44. The molecule has 1 atom stereocenters. The van der Waals surface area contributed by atoms with E-state index in [2.05, 4.69) is 5.32 Å². The summed E-state index contributed by atoms with van der Waals surface area (Å²) in [7, 11) is 0. The molecule has 1 aromatic rings. The Bertz CT molecular complexity index is 715. The Hall–Kier alpha value is -2.48. The number of ether oxygens (including phenoxy) is 1. The largest absolute Gasteiger partial charge is 0.463 e. The molecule has 0 saturated carbocycles. The van der Waals surface area contributed by atoms with E-state index in [1.54, 1.807) is 19.1 Å². The smallest absolute Gasteiger partial charge is 0.338 e. The molecule has 0 amide bonds. The second kappa shape index (κ2) is 8.06. The number of carbonyl (C=O) groups excluding carboxylic acids is 1. The number of nitrogens with one attached hydrogen (secondary N) is 1. The predicted octanol–water partition coefficient (Wildman–Crippen LogP) is 3.07. The molecule has 0 aliphatic carbocycles. The predicted molar refractivity (Wildman–Crippen MR) is 97.9 cm³/mol. The van der Waals surface area contributed by atoms with Crippen LogP contribution in [0.25, 0.3) is 0 Å². The first-order chi connectivity index (χ1) is 11.9. The van der Waals surface area contributed by atoms with Gasteiger partial charge >= 0.3 is 5.97 Å². The Kier molecular flexibility index (Phi) is 6.08. The van der Waals surface area contributed by atoms with Crippen molar-refractivity contribution in [3.8, 4) is 0 Å². The van der Waals surface area contributed by atoms with Crippen molar-refractivity contribution < 1.29 is 14.5 Å². The van der Waals surface area contributed by atoms with E-state index in [1.807, 2.05) is 18.7 Å². The summed E-state index contributed by atoms with van der Waals surface area (Å²) in [6, 6.07) is 5.58. The molecule has 0 unspecified atom stereocenters. The van der Waals surface area contributed by atoms with Gasteiger partial charge in [0.05, 0.1) is 23.1 Å². The van der Waals surface area contributed by atoms with E-state index in [0.29, 0.717) is 22.8 Å². The minimum Gasteiger partial charge on any atom is -0.463 e. The van der Waals surface area contributed by atoms with Crippen LogP contribution in [-0.2, 0) is 9.53 Å². The lowest BCUT2D eigenvalue weighted by atomic mass is 9.94. The zero-order valence-electron chi connectivity index (χ0n) is 14.4. The highest BCUT2D eigenvalue weighted by Crippen LogP contribution is 2.32. The number of esters is 1. The Morgan fingerprint density at radius 2 is 2.00 bits per heavy atom. The summed E-state index contributed by atoms with van der Waals surface area (Å²) in [5.41, 5.74) is 1.92. The first kappa shape index (κ1) is 18.9. The van der Waals surface area contributed by atoms with Crippen LogP contribution in [0.2, 0.25) is 0 Å². The highest BCUT2D eigenvalue weighted by molar-refractivity contribution is 7.80. The normalized spacial score (nSPS) is 17.3. The standard InChI is InChI=1S/C17H21N3O4S/c1-4-10-19-11(3)14(16(21)24-5-2)15(18-17(19)25)12-6-8-13(9-7-12)20(22)23/h6-9,15H,4-5,10H2,1-3H3,(H,18,25)/t15-/m1/s1. The van der Waals surface area contributed by atoms with E-state index in [1.165, 1.54) is 12.1 Å². The van der Waals surface area contributed by atoms with Gasteiger partial charge in [0.25, 0.3) is 5.69 Å². The lowest BCUT2D eigenvalue weighted by Crippen LogP contribution is -2.48. The molecular weight excluding hydrogens is 342 g/mol. The fourth-order valence-corrected chi connectivity index (χ4v) is 3.13. The average Bonchev–Trinajstić information content (AvgIpc) is 2.58. The maximum absolute atomic E-state index is 12.5. The maximum atomic E-state index is 12.5. The zero-order chi connectivity index (χ0) is 18.6. The number of benzene rings is 1. The fraction of sp³-hybridized carbons (Fsp3) is 0.412. The molecule has 134 valence electrons. The molecule has 0 spiro atoms. The number of carbonyl (C=O) groups is 1. The van der Waals surface area contributed by atoms with Crippen LogP contribution < -0.4 is 5.32 Å². The lowest BCUT2D eigenvalue weighted by molar-refractivity contribution is -0.384. The van der Waals surface area contributed by atoms with Crippen molar-refractivity contribution in [3.05, 3.63) is 51.2 Å². The minimum atomic E-state index is -0.500. The molecule has 7 nitrogen and oxygen atoms in total. The highest BCUT2D eigenvalue weighted by Gasteiger charge is 2.34. The number of thiocarbonyl (C=S) groups is 1. The van der Waals surface area contributed by atoms with Crippen LogP contribution in [0, 0.1) is 10.1 Å². The molecule has 1 aromatic carbocycles. The van der Waals surface area contributed by atoms with Crippen molar-refractivity contribution in [3.63, 3.8) is 0 Å². The second-order valence-electron chi connectivity index (χ2n) is 5.60. The molecule has 1 aliphatic heterocycles. The molecule has 2 rings (SSSR count). The van der Waals surface area contributed by atoms with Crippen molar-refractivity contribution in [1.29, 1.82) is 0 Å². The molecule has 0 radical (unpaired) electrons. The molecule has 0 saturated heterocycles. The third-order valence-electron chi connectivity index (χ3n) is 3.98. The first-order valence-corrected chi connectivity index (χ1v) is 8.51. The monoisotopic (exact) mass is 363 g/mol. The van der Waals surface area contributed by atoms with E-state index in [-0.39, 0.29) is 12.3 Å². The maximum Gasteiger partial charge on any atom is 0.338 e. The van der Waals surface area contributed by atoms with Crippen molar-refractivity contribution in [1.82, 2.24) is 10.2 Å². The SMILES string of the molecule is CCCN1C(=S)N[C@H](c2ccc([N+](=O)[O-])cc2)C(C(=O)OCC)=C1C.